The first kappa shape index (κ1) is 45.6. The van der Waals surface area contributed by atoms with E-state index in [4.69, 9.17) is 16.8 Å². The van der Waals surface area contributed by atoms with Gasteiger partial charge >= 0.3 is 0 Å². The number of aromatic nitrogens is 3. The molecule has 0 unspecified atom stereocenters. The quantitative estimate of drug-likeness (QED) is 0.154. The monoisotopic (exact) mass is 1110 g/mol. The molecule has 0 amide bonds. The standard InChI is InChI=1S/C65H74N3O.Pt/c1-39(2)45-30-46(40(3)4)32-47(31-45)43-23-26-57(41(5)29-43)68-58-20-18-19-53(59(58)67-61(68)54-37-52(64(12,13)14)38-55(60(54)69)65(15,16)17)48-33-49(35-51(34-48)63(9,10)11)56-36-44(27-28-66-56)42-21-24-50(25-22-42)62(6,7)8;/h18-32,34-40,69H,1-17H3;/q-1;/i5D3,39D,40D;. The third-order valence-electron chi connectivity index (χ3n) is 13.5. The van der Waals surface area contributed by atoms with Crippen LogP contribution in [0.2, 0.25) is 0 Å². The number of nitrogens with zero attached hydrogens (tertiary/aromatic N) is 3. The predicted octanol–water partition coefficient (Wildman–Crippen LogP) is 18.0. The van der Waals surface area contributed by atoms with Crippen LogP contribution in [-0.4, -0.2) is 19.6 Å². The normalized spacial score (nSPS) is 14.1. The van der Waals surface area contributed by atoms with Gasteiger partial charge in [-0.05, 0) is 121 Å². The SMILES string of the molecule is [2H]C([2H])([2H])c1cc(-c2cc(C([2H])(C)C)cc(C([2H])(C)C)c2)ccc1-n1c(-c2cc(C(C)(C)C)cc(C(C)(C)C)c2O)nc2c(-c3[c-]c(-c4cc(-c5ccc(C(C)(C)C)cc5)ccn4)cc(C(C)(C)C)c3)cccc21.[Pt]. The molecule has 1 N–H and O–H groups in total. The van der Waals surface area contributed by atoms with E-state index in [1.54, 1.807) is 6.07 Å². The summed E-state index contributed by atoms with van der Waals surface area (Å²) in [7, 11) is 0. The molecule has 5 heteroatoms. The number of phenolic OH excluding ortho intramolecular Hbond substituents is 1. The molecule has 70 heavy (non-hydrogen) atoms. The van der Waals surface area contributed by atoms with Crippen molar-refractivity contribution in [1.29, 1.82) is 0 Å². The fourth-order valence-corrected chi connectivity index (χ4v) is 9.04. The molecule has 0 bridgehead atoms. The van der Waals surface area contributed by atoms with Gasteiger partial charge < -0.3 is 5.11 Å². The van der Waals surface area contributed by atoms with Gasteiger partial charge in [0, 0.05) is 45.4 Å². The summed E-state index contributed by atoms with van der Waals surface area (Å²) < 4.78 is 47.3. The minimum absolute atomic E-state index is 0. The molecule has 0 aliphatic heterocycles. The maximum absolute atomic E-state index is 12.6. The number of phenols is 1. The van der Waals surface area contributed by atoms with E-state index in [0.717, 1.165) is 66.9 Å². The Balaban J connectivity index is 0.00000820. The van der Waals surface area contributed by atoms with Gasteiger partial charge in [0.05, 0.1) is 22.3 Å². The van der Waals surface area contributed by atoms with Crippen molar-refractivity contribution < 1.29 is 33.0 Å². The van der Waals surface area contributed by atoms with Crippen molar-refractivity contribution >= 4 is 11.0 Å². The van der Waals surface area contributed by atoms with Crippen molar-refractivity contribution in [2.75, 3.05) is 0 Å². The van der Waals surface area contributed by atoms with Gasteiger partial charge in [-0.25, -0.2) is 4.98 Å². The largest absolute Gasteiger partial charge is 0.507 e. The molecule has 0 aliphatic rings. The van der Waals surface area contributed by atoms with Crippen LogP contribution in [0.4, 0.5) is 0 Å². The van der Waals surface area contributed by atoms with Gasteiger partial charge in [0.25, 0.3) is 0 Å². The number of benzene rings is 6. The van der Waals surface area contributed by atoms with Crippen LogP contribution < -0.4 is 0 Å². The Hall–Kier alpha value is -5.57. The average molecular weight is 1110 g/mol. The van der Waals surface area contributed by atoms with Crippen molar-refractivity contribution in [3.8, 4) is 67.5 Å². The molecule has 0 spiro atoms. The molecule has 8 aromatic rings. The van der Waals surface area contributed by atoms with E-state index >= 15 is 0 Å². The van der Waals surface area contributed by atoms with Gasteiger partial charge in [-0.3, -0.25) is 9.55 Å². The second-order valence-corrected chi connectivity index (χ2v) is 23.6. The molecule has 0 saturated heterocycles. The van der Waals surface area contributed by atoms with Gasteiger partial charge in [0.15, 0.2) is 0 Å². The van der Waals surface area contributed by atoms with E-state index < -0.39 is 24.1 Å². The molecule has 0 atom stereocenters. The number of fused-ring (bicyclic) bond motifs is 1. The zero-order chi connectivity index (χ0) is 54.5. The van der Waals surface area contributed by atoms with Gasteiger partial charge in [0.2, 0.25) is 0 Å². The van der Waals surface area contributed by atoms with Crippen molar-refractivity contribution in [3.63, 3.8) is 0 Å². The van der Waals surface area contributed by atoms with Crippen molar-refractivity contribution in [2.45, 2.75) is 151 Å². The van der Waals surface area contributed by atoms with Crippen LogP contribution in [0.25, 0.3) is 72.7 Å². The molecule has 0 aliphatic carbocycles. The van der Waals surface area contributed by atoms with E-state index in [9.17, 15) is 5.11 Å². The molecule has 0 saturated carbocycles. The van der Waals surface area contributed by atoms with Crippen molar-refractivity contribution in [3.05, 3.63) is 166 Å². The summed E-state index contributed by atoms with van der Waals surface area (Å²) in [5, 5.41) is 12.6. The van der Waals surface area contributed by atoms with Crippen LogP contribution in [-0.2, 0) is 42.7 Å². The maximum Gasteiger partial charge on any atom is 0.148 e. The second kappa shape index (κ2) is 19.2. The second-order valence-electron chi connectivity index (χ2n) is 23.6. The Bertz CT molecular complexity index is 3400. The Labute approximate surface area is 441 Å². The van der Waals surface area contributed by atoms with Gasteiger partial charge in [-0.15, -0.1) is 29.3 Å². The summed E-state index contributed by atoms with van der Waals surface area (Å²) in [4.78, 5) is 10.5. The summed E-state index contributed by atoms with van der Waals surface area (Å²) in [5.74, 6) is -1.45. The Morgan fingerprint density at radius 1 is 0.571 bits per heavy atom. The number of pyridine rings is 1. The van der Waals surface area contributed by atoms with Crippen LogP contribution in [0.1, 0.15) is 168 Å². The maximum atomic E-state index is 12.6. The third-order valence-corrected chi connectivity index (χ3v) is 13.5. The van der Waals surface area contributed by atoms with Crippen molar-refractivity contribution in [2.24, 2.45) is 0 Å². The molecule has 0 fully saturated rings. The first-order chi connectivity index (χ1) is 34.0. The van der Waals surface area contributed by atoms with E-state index in [1.165, 1.54) is 5.56 Å². The molecule has 2 aromatic heterocycles. The summed E-state index contributed by atoms with van der Waals surface area (Å²) >= 11 is 0. The fraction of sp³-hybridized carbons (Fsp3) is 0.354. The molecule has 6 aromatic carbocycles. The summed E-state index contributed by atoms with van der Waals surface area (Å²) in [6.07, 6.45) is 1.86. The number of hydrogen-bond acceptors (Lipinski definition) is 3. The Morgan fingerprint density at radius 2 is 1.16 bits per heavy atom. The topological polar surface area (TPSA) is 50.9 Å². The summed E-state index contributed by atoms with van der Waals surface area (Å²) in [6, 6.07) is 42.3. The molecular formula is C65H74N3OPt-. The first-order valence-corrected chi connectivity index (χ1v) is 24.4. The van der Waals surface area contributed by atoms with Crippen LogP contribution in [0, 0.1) is 12.9 Å². The van der Waals surface area contributed by atoms with E-state index in [0.29, 0.717) is 33.7 Å². The summed E-state index contributed by atoms with van der Waals surface area (Å²) in [5.41, 5.74) is 13.5. The predicted molar refractivity (Wildman–Crippen MR) is 294 cm³/mol. The molecule has 366 valence electrons. The number of imidazole rings is 1. The van der Waals surface area contributed by atoms with Crippen molar-refractivity contribution in [1.82, 2.24) is 14.5 Å². The zero-order valence-electron chi connectivity index (χ0n) is 49.2. The fourth-order valence-electron chi connectivity index (χ4n) is 9.04. The smallest absolute Gasteiger partial charge is 0.148 e. The van der Waals surface area contributed by atoms with Crippen LogP contribution in [0.3, 0.4) is 0 Å². The number of rotatable bonds is 8. The molecule has 2 heterocycles. The number of aryl methyl sites for hydroxylation is 1. The zero-order valence-corrected chi connectivity index (χ0v) is 46.4. The molecule has 0 radical (unpaired) electrons. The first-order valence-electron chi connectivity index (χ1n) is 26.9. The van der Waals surface area contributed by atoms with Gasteiger partial charge in [0.1, 0.15) is 11.6 Å². The van der Waals surface area contributed by atoms with E-state index in [2.05, 4.69) is 138 Å². The minimum Gasteiger partial charge on any atom is -0.507 e. The third kappa shape index (κ3) is 10.6. The van der Waals surface area contributed by atoms with E-state index in [-0.39, 0.29) is 48.6 Å². The van der Waals surface area contributed by atoms with Crippen LogP contribution in [0.15, 0.2) is 121 Å². The minimum atomic E-state index is -2.60. The van der Waals surface area contributed by atoms with E-state index in [1.807, 2.05) is 99.1 Å². The average Bonchev–Trinajstić information content (AvgIpc) is 3.68. The molecular weight excluding hydrogens is 1030 g/mol. The van der Waals surface area contributed by atoms with Gasteiger partial charge in [-0.2, -0.15) is 0 Å². The Morgan fingerprint density at radius 3 is 1.74 bits per heavy atom. The number of aromatic hydroxyl groups is 1. The van der Waals surface area contributed by atoms with Crippen LogP contribution >= 0.6 is 0 Å². The molecule has 4 nitrogen and oxygen atoms in total. The number of hydrogen-bond donors (Lipinski definition) is 1. The number of para-hydroxylation sites is 1. The van der Waals surface area contributed by atoms with Gasteiger partial charge in [-0.1, -0.05) is 195 Å². The molecule has 8 rings (SSSR count). The summed E-state index contributed by atoms with van der Waals surface area (Å²) in [6.45, 7) is 30.6. The Kier molecular flexibility index (Phi) is 12.5. The van der Waals surface area contributed by atoms with Crippen LogP contribution in [0.5, 0.6) is 5.75 Å².